The van der Waals surface area contributed by atoms with Gasteiger partial charge in [-0.2, -0.15) is 0 Å². The van der Waals surface area contributed by atoms with Crippen LogP contribution < -0.4 is 11.1 Å². The summed E-state index contributed by atoms with van der Waals surface area (Å²) in [7, 11) is 0. The molecule has 0 atom stereocenters. The third-order valence-electron chi connectivity index (χ3n) is 2.61. The number of hydrogen-bond acceptors (Lipinski definition) is 2. The molecule has 108 valence electrons. The number of thiocarbonyl (C=S) groups is 1. The first kappa shape index (κ1) is 16.1. The molecular weight excluding hydrogens is 423 g/mol. The van der Waals surface area contributed by atoms with Gasteiger partial charge in [0, 0.05) is 25.8 Å². The summed E-state index contributed by atoms with van der Waals surface area (Å²) in [6.45, 7) is 0. The summed E-state index contributed by atoms with van der Waals surface area (Å²) in [5, 5.41) is 2.67. The van der Waals surface area contributed by atoms with Crippen molar-refractivity contribution in [1.82, 2.24) is 0 Å². The Morgan fingerprint density at radius 1 is 1.14 bits per heavy atom. The molecule has 0 aliphatic rings. The van der Waals surface area contributed by atoms with Crippen LogP contribution in [-0.2, 0) is 0 Å². The van der Waals surface area contributed by atoms with Crippen molar-refractivity contribution in [2.45, 2.75) is 0 Å². The first-order valence-corrected chi connectivity index (χ1v) is 7.73. The second-order valence-electron chi connectivity index (χ2n) is 4.17. The number of amides is 1. The van der Waals surface area contributed by atoms with Gasteiger partial charge in [0.15, 0.2) is 0 Å². The molecule has 2 rings (SSSR count). The summed E-state index contributed by atoms with van der Waals surface area (Å²) in [6, 6.07) is 9.24. The number of nitrogens with one attached hydrogen (secondary N) is 1. The fourth-order valence-electron chi connectivity index (χ4n) is 1.68. The van der Waals surface area contributed by atoms with E-state index in [1.165, 1.54) is 18.2 Å². The highest BCUT2D eigenvalue weighted by Gasteiger charge is 2.11. The van der Waals surface area contributed by atoms with Crippen LogP contribution in [0.25, 0.3) is 0 Å². The van der Waals surface area contributed by atoms with Gasteiger partial charge in [-0.05, 0) is 36.4 Å². The molecule has 0 bridgehead atoms. The van der Waals surface area contributed by atoms with Crippen LogP contribution in [0.15, 0.2) is 45.3 Å². The van der Waals surface area contributed by atoms with Crippen molar-refractivity contribution in [1.29, 1.82) is 0 Å². The summed E-state index contributed by atoms with van der Waals surface area (Å²) < 4.78 is 15.0. The highest BCUT2D eigenvalue weighted by Crippen LogP contribution is 2.21. The number of rotatable bonds is 3. The third-order valence-corrected chi connectivity index (χ3v) is 3.75. The molecule has 0 aliphatic heterocycles. The van der Waals surface area contributed by atoms with Crippen molar-refractivity contribution in [2.75, 3.05) is 5.32 Å². The maximum Gasteiger partial charge on any atom is 0.255 e. The monoisotopic (exact) mass is 430 g/mol. The van der Waals surface area contributed by atoms with Crippen LogP contribution in [0.2, 0.25) is 0 Å². The van der Waals surface area contributed by atoms with Gasteiger partial charge in [0.25, 0.3) is 5.91 Å². The van der Waals surface area contributed by atoms with Gasteiger partial charge in [-0.15, -0.1) is 0 Å². The van der Waals surface area contributed by atoms with Gasteiger partial charge in [0.05, 0.1) is 0 Å². The minimum Gasteiger partial charge on any atom is -0.389 e. The Morgan fingerprint density at radius 3 is 2.33 bits per heavy atom. The Balaban J connectivity index is 2.27. The summed E-state index contributed by atoms with van der Waals surface area (Å²) in [5.41, 5.74) is 6.40. The lowest BCUT2D eigenvalue weighted by molar-refractivity contribution is 0.102. The van der Waals surface area contributed by atoms with Crippen LogP contribution in [-0.4, -0.2) is 10.9 Å². The van der Waals surface area contributed by atoms with E-state index in [0.29, 0.717) is 11.3 Å². The molecule has 0 radical (unpaired) electrons. The number of carbonyl (C=O) groups is 1. The quantitative estimate of drug-likeness (QED) is 0.714. The lowest BCUT2D eigenvalue weighted by Gasteiger charge is -2.08. The fourth-order valence-corrected chi connectivity index (χ4v) is 3.13. The molecule has 0 saturated carbocycles. The number of hydrogen-bond donors (Lipinski definition) is 2. The molecule has 1 amide bonds. The average molecular weight is 432 g/mol. The van der Waals surface area contributed by atoms with Gasteiger partial charge < -0.3 is 11.1 Å². The molecule has 0 saturated heterocycles. The first-order valence-electron chi connectivity index (χ1n) is 5.73. The standard InChI is InChI=1S/C14H9Br2FN2OS/c15-8-3-7(4-9(16)5-8)14(20)19-10-1-2-12(17)11(6-10)13(18)21/h1-6H,(H2,18,21)(H,19,20). The topological polar surface area (TPSA) is 55.1 Å². The van der Waals surface area contributed by atoms with Crippen LogP contribution >= 0.6 is 44.1 Å². The molecule has 3 nitrogen and oxygen atoms in total. The molecule has 0 heterocycles. The molecule has 7 heteroatoms. The lowest BCUT2D eigenvalue weighted by atomic mass is 10.1. The fraction of sp³-hybridized carbons (Fsp3) is 0. The van der Waals surface area contributed by atoms with Crippen molar-refractivity contribution in [3.8, 4) is 0 Å². The van der Waals surface area contributed by atoms with Gasteiger partial charge >= 0.3 is 0 Å². The normalized spacial score (nSPS) is 10.2. The second kappa shape index (κ2) is 6.64. The highest BCUT2D eigenvalue weighted by atomic mass is 79.9. The van der Waals surface area contributed by atoms with Crippen molar-refractivity contribution in [3.05, 3.63) is 62.3 Å². The number of carbonyl (C=O) groups excluding carboxylic acids is 1. The molecule has 3 N–H and O–H groups in total. The zero-order valence-corrected chi connectivity index (χ0v) is 14.5. The maximum absolute atomic E-state index is 13.5. The molecule has 0 spiro atoms. The molecule has 2 aromatic carbocycles. The predicted molar refractivity (Wildman–Crippen MR) is 92.1 cm³/mol. The van der Waals surface area contributed by atoms with E-state index < -0.39 is 5.82 Å². The smallest absolute Gasteiger partial charge is 0.255 e. The third kappa shape index (κ3) is 4.09. The van der Waals surface area contributed by atoms with Crippen LogP contribution in [0, 0.1) is 5.82 Å². The SMILES string of the molecule is NC(=S)c1cc(NC(=O)c2cc(Br)cc(Br)c2)ccc1F. The minimum absolute atomic E-state index is 0.0613. The highest BCUT2D eigenvalue weighted by molar-refractivity contribution is 9.11. The Morgan fingerprint density at radius 2 is 1.76 bits per heavy atom. The maximum atomic E-state index is 13.5. The molecular formula is C14H9Br2FN2OS. The van der Waals surface area contributed by atoms with E-state index in [-0.39, 0.29) is 16.5 Å². The Labute approximate surface area is 143 Å². The molecule has 0 fully saturated rings. The van der Waals surface area contributed by atoms with Crippen molar-refractivity contribution >= 4 is 60.7 Å². The Kier molecular flexibility index (Phi) is 5.08. The molecule has 0 unspecified atom stereocenters. The van der Waals surface area contributed by atoms with E-state index in [9.17, 15) is 9.18 Å². The van der Waals surface area contributed by atoms with Crippen LogP contribution in [0.3, 0.4) is 0 Å². The summed E-state index contributed by atoms with van der Waals surface area (Å²) >= 11 is 11.4. The van der Waals surface area contributed by atoms with Gasteiger partial charge in [-0.3, -0.25) is 4.79 Å². The van der Waals surface area contributed by atoms with E-state index in [1.54, 1.807) is 12.1 Å². The van der Waals surface area contributed by atoms with E-state index in [1.807, 2.05) is 6.07 Å². The predicted octanol–water partition coefficient (Wildman–Crippen LogP) is 4.24. The average Bonchev–Trinajstić information content (AvgIpc) is 2.39. The zero-order valence-electron chi connectivity index (χ0n) is 10.5. The van der Waals surface area contributed by atoms with E-state index >= 15 is 0 Å². The lowest BCUT2D eigenvalue weighted by Crippen LogP contribution is -2.15. The van der Waals surface area contributed by atoms with Crippen molar-refractivity contribution in [2.24, 2.45) is 5.73 Å². The van der Waals surface area contributed by atoms with E-state index in [2.05, 4.69) is 37.2 Å². The van der Waals surface area contributed by atoms with Gasteiger partial charge in [-0.1, -0.05) is 44.1 Å². The van der Waals surface area contributed by atoms with Crippen LogP contribution in [0.1, 0.15) is 15.9 Å². The van der Waals surface area contributed by atoms with Gasteiger partial charge in [-0.25, -0.2) is 4.39 Å². The molecule has 0 aliphatic carbocycles. The van der Waals surface area contributed by atoms with Crippen LogP contribution in [0.4, 0.5) is 10.1 Å². The largest absolute Gasteiger partial charge is 0.389 e. The molecule has 21 heavy (non-hydrogen) atoms. The van der Waals surface area contributed by atoms with Gasteiger partial charge in [0.2, 0.25) is 0 Å². The first-order chi connectivity index (χ1) is 9.86. The van der Waals surface area contributed by atoms with Crippen molar-refractivity contribution < 1.29 is 9.18 Å². The number of halogens is 3. The van der Waals surface area contributed by atoms with Gasteiger partial charge in [0.1, 0.15) is 10.8 Å². The number of benzene rings is 2. The van der Waals surface area contributed by atoms with Crippen LogP contribution in [0.5, 0.6) is 0 Å². The van der Waals surface area contributed by atoms with E-state index in [0.717, 1.165) is 8.95 Å². The van der Waals surface area contributed by atoms with Crippen molar-refractivity contribution in [3.63, 3.8) is 0 Å². The summed E-state index contributed by atoms with van der Waals surface area (Å²) in [5.74, 6) is -0.844. The Bertz CT molecular complexity index is 717. The molecule has 0 aromatic heterocycles. The molecule has 2 aromatic rings. The minimum atomic E-state index is -0.523. The zero-order chi connectivity index (χ0) is 15.6. The number of nitrogens with two attached hydrogens (primary N) is 1. The summed E-state index contributed by atoms with van der Waals surface area (Å²) in [6.07, 6.45) is 0. The number of anilines is 1. The summed E-state index contributed by atoms with van der Waals surface area (Å²) in [4.78, 5) is 12.1. The second-order valence-corrected chi connectivity index (χ2v) is 6.44. The Hall–Kier alpha value is -1.31. The van der Waals surface area contributed by atoms with E-state index in [4.69, 9.17) is 18.0 Å².